The molecule has 1 aliphatic carbocycles. The van der Waals surface area contributed by atoms with Crippen LogP contribution in [-0.2, 0) is 9.59 Å². The quantitative estimate of drug-likeness (QED) is 0.520. The largest absolute Gasteiger partial charge is 0.372 e. The summed E-state index contributed by atoms with van der Waals surface area (Å²) in [6, 6.07) is 6.27. The number of Topliss-reactive ketones (excluding diaryl/α,β-unsaturated/α-hetero) is 1. The zero-order chi connectivity index (χ0) is 22.3. The Hall–Kier alpha value is -2.40. The molecule has 5 nitrogen and oxygen atoms in total. The number of rotatable bonds is 9. The van der Waals surface area contributed by atoms with E-state index in [9.17, 15) is 9.59 Å². The standard InChI is InChI=1S/C24H32ClN3O2/c1-6-8-12-28(13-9-7-2)19-10-11-20(16(3)14-19)27-21-15-22(26-18(5)29)24(30)23(25)17(21)4/h10-11,14-15H,6-9,12-13H2,1-5H3,(H,26,29). The van der Waals surface area contributed by atoms with Gasteiger partial charge in [0.1, 0.15) is 0 Å². The van der Waals surface area contributed by atoms with Gasteiger partial charge in [-0.2, -0.15) is 0 Å². The SMILES string of the molecule is CCCCN(CCCC)c1ccc(N=C2C=C(NC(C)=O)C(=O)C(Cl)=C2C)c(C)c1. The lowest BCUT2D eigenvalue weighted by atomic mass is 10.0. The third-order valence-corrected chi connectivity index (χ3v) is 5.55. The van der Waals surface area contributed by atoms with Crippen molar-refractivity contribution in [3.05, 3.63) is 46.1 Å². The Kier molecular flexibility index (Phi) is 8.85. The van der Waals surface area contributed by atoms with Crippen molar-refractivity contribution in [1.29, 1.82) is 0 Å². The van der Waals surface area contributed by atoms with Gasteiger partial charge in [-0.25, -0.2) is 4.99 Å². The van der Waals surface area contributed by atoms with Crippen LogP contribution in [0, 0.1) is 6.92 Å². The minimum absolute atomic E-state index is 0.0829. The summed E-state index contributed by atoms with van der Waals surface area (Å²) < 4.78 is 0. The first-order chi connectivity index (χ1) is 14.3. The molecule has 1 amide bonds. The van der Waals surface area contributed by atoms with E-state index in [4.69, 9.17) is 16.6 Å². The van der Waals surface area contributed by atoms with E-state index in [1.54, 1.807) is 13.0 Å². The number of amides is 1. The van der Waals surface area contributed by atoms with Crippen molar-refractivity contribution < 1.29 is 9.59 Å². The molecule has 0 bridgehead atoms. The van der Waals surface area contributed by atoms with Gasteiger partial charge in [0.05, 0.1) is 22.1 Å². The Morgan fingerprint density at radius 1 is 1.13 bits per heavy atom. The van der Waals surface area contributed by atoms with E-state index in [1.165, 1.54) is 38.3 Å². The molecule has 0 aromatic heterocycles. The number of allylic oxidation sites excluding steroid dienone is 3. The number of benzene rings is 1. The zero-order valence-electron chi connectivity index (χ0n) is 18.6. The molecule has 1 N–H and O–H groups in total. The average Bonchev–Trinajstić information content (AvgIpc) is 2.71. The molecule has 0 heterocycles. The van der Waals surface area contributed by atoms with Crippen LogP contribution in [0.4, 0.5) is 11.4 Å². The number of carbonyl (C=O) groups excluding carboxylic acids is 2. The van der Waals surface area contributed by atoms with Crippen LogP contribution in [-0.4, -0.2) is 30.5 Å². The maximum Gasteiger partial charge on any atom is 0.221 e. The van der Waals surface area contributed by atoms with E-state index >= 15 is 0 Å². The van der Waals surface area contributed by atoms with Gasteiger partial charge in [0, 0.05) is 25.7 Å². The van der Waals surface area contributed by atoms with Crippen LogP contribution in [0.5, 0.6) is 0 Å². The predicted octanol–water partition coefficient (Wildman–Crippen LogP) is 5.59. The summed E-state index contributed by atoms with van der Waals surface area (Å²) in [6.45, 7) is 11.7. The first-order valence-corrected chi connectivity index (χ1v) is 11.0. The van der Waals surface area contributed by atoms with E-state index in [0.717, 1.165) is 24.3 Å². The van der Waals surface area contributed by atoms with Gasteiger partial charge in [-0.15, -0.1) is 0 Å². The zero-order valence-corrected chi connectivity index (χ0v) is 19.4. The summed E-state index contributed by atoms with van der Waals surface area (Å²) in [4.78, 5) is 30.9. The lowest BCUT2D eigenvalue weighted by Gasteiger charge is -2.25. The van der Waals surface area contributed by atoms with Gasteiger partial charge in [0.25, 0.3) is 0 Å². The summed E-state index contributed by atoms with van der Waals surface area (Å²) >= 11 is 6.21. The highest BCUT2D eigenvalue weighted by molar-refractivity contribution is 6.49. The third kappa shape index (κ3) is 6.05. The first kappa shape index (κ1) is 23.9. The summed E-state index contributed by atoms with van der Waals surface area (Å²) in [5, 5.41) is 2.63. The monoisotopic (exact) mass is 429 g/mol. The Morgan fingerprint density at radius 3 is 2.30 bits per heavy atom. The van der Waals surface area contributed by atoms with Crippen LogP contribution in [0.2, 0.25) is 0 Å². The number of aliphatic imine (C=N–C) groups is 1. The molecule has 6 heteroatoms. The fraction of sp³-hybridized carbons (Fsp3) is 0.458. The van der Waals surface area contributed by atoms with Crippen molar-refractivity contribution in [2.45, 2.75) is 60.3 Å². The molecule has 0 unspecified atom stereocenters. The highest BCUT2D eigenvalue weighted by Crippen LogP contribution is 2.29. The fourth-order valence-corrected chi connectivity index (χ4v) is 3.47. The second-order valence-electron chi connectivity index (χ2n) is 7.67. The molecule has 1 aromatic rings. The molecular weight excluding hydrogens is 398 g/mol. The van der Waals surface area contributed by atoms with Gasteiger partial charge >= 0.3 is 0 Å². The predicted molar refractivity (Wildman–Crippen MR) is 126 cm³/mol. The minimum Gasteiger partial charge on any atom is -0.372 e. The Bertz CT molecular complexity index is 892. The maximum atomic E-state index is 12.3. The van der Waals surface area contributed by atoms with Crippen LogP contribution in [0.25, 0.3) is 0 Å². The Labute approximate surface area is 184 Å². The van der Waals surface area contributed by atoms with E-state index in [0.29, 0.717) is 11.3 Å². The van der Waals surface area contributed by atoms with Crippen molar-refractivity contribution in [3.63, 3.8) is 0 Å². The summed E-state index contributed by atoms with van der Waals surface area (Å²) in [5.41, 5.74) is 4.40. The molecule has 1 aliphatic rings. The highest BCUT2D eigenvalue weighted by Gasteiger charge is 2.24. The van der Waals surface area contributed by atoms with Crippen molar-refractivity contribution >= 4 is 40.4 Å². The van der Waals surface area contributed by atoms with Crippen LogP contribution in [0.3, 0.4) is 0 Å². The van der Waals surface area contributed by atoms with E-state index in [1.807, 2.05) is 13.0 Å². The number of nitrogens with zero attached hydrogens (tertiary/aromatic N) is 2. The van der Waals surface area contributed by atoms with Gasteiger partial charge in [0.15, 0.2) is 0 Å². The van der Waals surface area contributed by atoms with E-state index in [2.05, 4.69) is 36.2 Å². The summed E-state index contributed by atoms with van der Waals surface area (Å²) in [5.74, 6) is -0.712. The van der Waals surface area contributed by atoms with Crippen molar-refractivity contribution in [3.8, 4) is 0 Å². The second-order valence-corrected chi connectivity index (χ2v) is 8.05. The molecule has 2 rings (SSSR count). The Morgan fingerprint density at radius 2 is 1.77 bits per heavy atom. The molecular formula is C24H32ClN3O2. The molecule has 0 saturated carbocycles. The molecule has 0 radical (unpaired) electrons. The molecule has 162 valence electrons. The van der Waals surface area contributed by atoms with E-state index < -0.39 is 5.78 Å². The molecule has 0 fully saturated rings. The van der Waals surface area contributed by atoms with Crippen molar-refractivity contribution in [2.75, 3.05) is 18.0 Å². The number of aryl methyl sites for hydroxylation is 1. The topological polar surface area (TPSA) is 61.8 Å². The fourth-order valence-electron chi connectivity index (χ4n) is 3.27. The van der Waals surface area contributed by atoms with Crippen LogP contribution in [0.1, 0.15) is 58.9 Å². The number of hydrogen-bond acceptors (Lipinski definition) is 4. The van der Waals surface area contributed by atoms with Crippen molar-refractivity contribution in [1.82, 2.24) is 5.32 Å². The smallest absolute Gasteiger partial charge is 0.221 e. The number of unbranched alkanes of at least 4 members (excludes halogenated alkanes) is 2. The van der Waals surface area contributed by atoms with E-state index in [-0.39, 0.29) is 16.6 Å². The van der Waals surface area contributed by atoms with Gasteiger partial charge in [-0.05, 0) is 62.1 Å². The van der Waals surface area contributed by atoms with Gasteiger partial charge in [-0.1, -0.05) is 38.3 Å². The van der Waals surface area contributed by atoms with Gasteiger partial charge < -0.3 is 10.2 Å². The summed E-state index contributed by atoms with van der Waals surface area (Å²) in [7, 11) is 0. The molecule has 0 aliphatic heterocycles. The molecule has 0 saturated heterocycles. The number of carbonyl (C=O) groups is 2. The Balaban J connectivity index is 2.37. The highest BCUT2D eigenvalue weighted by atomic mass is 35.5. The lowest BCUT2D eigenvalue weighted by molar-refractivity contribution is -0.120. The number of anilines is 1. The third-order valence-electron chi connectivity index (χ3n) is 5.10. The molecule has 0 atom stereocenters. The molecule has 1 aromatic carbocycles. The average molecular weight is 430 g/mol. The summed E-state index contributed by atoms with van der Waals surface area (Å²) in [6.07, 6.45) is 6.26. The molecule has 0 spiro atoms. The van der Waals surface area contributed by atoms with Crippen molar-refractivity contribution in [2.24, 2.45) is 4.99 Å². The molecule has 30 heavy (non-hydrogen) atoms. The number of hydrogen-bond donors (Lipinski definition) is 1. The van der Waals surface area contributed by atoms with Crippen LogP contribution >= 0.6 is 11.6 Å². The first-order valence-electron chi connectivity index (χ1n) is 10.6. The number of halogens is 1. The maximum absolute atomic E-state index is 12.3. The second kappa shape index (κ2) is 11.1. The van der Waals surface area contributed by atoms with Crippen LogP contribution in [0.15, 0.2) is 45.6 Å². The number of ketones is 1. The lowest BCUT2D eigenvalue weighted by Crippen LogP contribution is -2.29. The van der Waals surface area contributed by atoms with Gasteiger partial charge in [0.2, 0.25) is 11.7 Å². The number of nitrogens with one attached hydrogen (secondary N) is 1. The minimum atomic E-state index is -0.391. The van der Waals surface area contributed by atoms with Crippen LogP contribution < -0.4 is 10.2 Å². The normalized spacial score (nSPS) is 15.5. The van der Waals surface area contributed by atoms with Gasteiger partial charge in [-0.3, -0.25) is 9.59 Å².